The van der Waals surface area contributed by atoms with E-state index in [-0.39, 0.29) is 33.9 Å². The van der Waals surface area contributed by atoms with Crippen LogP contribution >= 0.6 is 23.2 Å². The van der Waals surface area contributed by atoms with Crippen molar-refractivity contribution in [2.45, 2.75) is 308 Å². The topological polar surface area (TPSA) is 0 Å². The molecule has 0 atom stereocenters. The van der Waals surface area contributed by atoms with Crippen molar-refractivity contribution in [1.29, 1.82) is 0 Å². The molecule has 10 aromatic rings. The molecule has 0 saturated heterocycles. The summed E-state index contributed by atoms with van der Waals surface area (Å²) in [5, 5.41) is 1.74. The van der Waals surface area contributed by atoms with E-state index in [1.165, 1.54) is 77.9 Å². The first-order valence-corrected chi connectivity index (χ1v) is 40.3. The van der Waals surface area contributed by atoms with Crippen molar-refractivity contribution < 1.29 is 8.78 Å². The molecule has 0 N–H and O–H groups in total. The zero-order chi connectivity index (χ0) is 81.4. The van der Waals surface area contributed by atoms with Crippen LogP contribution in [-0.2, 0) is 6.42 Å². The molecule has 0 bridgehead atoms. The van der Waals surface area contributed by atoms with Gasteiger partial charge in [0.1, 0.15) is 11.6 Å². The molecule has 606 valence electrons. The van der Waals surface area contributed by atoms with Gasteiger partial charge in [0.2, 0.25) is 0 Å². The third kappa shape index (κ3) is 44.0. The Bertz CT molecular complexity index is 3530. The molecule has 0 amide bonds. The Morgan fingerprint density at radius 2 is 0.355 bits per heavy atom. The summed E-state index contributed by atoms with van der Waals surface area (Å²) in [6.07, 6.45) is 1.14. The molecule has 0 nitrogen and oxygen atoms in total. The fourth-order valence-corrected chi connectivity index (χ4v) is 10.5. The summed E-state index contributed by atoms with van der Waals surface area (Å²) >= 11 is 11.9. The van der Waals surface area contributed by atoms with Gasteiger partial charge in [-0.2, -0.15) is 0 Å². The van der Waals surface area contributed by atoms with Crippen molar-refractivity contribution in [3.63, 3.8) is 0 Å². The van der Waals surface area contributed by atoms with Crippen LogP contribution in [0.2, 0.25) is 10.0 Å². The molecule has 0 saturated carbocycles. The number of rotatable bonds is 12. The Labute approximate surface area is 687 Å². The molecule has 0 aliphatic rings. The fourth-order valence-electron chi connectivity index (χ4n) is 10.1. The van der Waals surface area contributed by atoms with Gasteiger partial charge in [0.05, 0.1) is 0 Å². The molecule has 0 heterocycles. The predicted octanol–water partition coefficient (Wildman–Crippen LogP) is 35.7. The fraction of sp³-hybridized carbons (Fsp3) is 0.434. The third-order valence-corrected chi connectivity index (χ3v) is 19.6. The summed E-state index contributed by atoms with van der Waals surface area (Å²) in [6, 6.07) is 76.0. The highest BCUT2D eigenvalue weighted by atomic mass is 35.5. The molecule has 4 heteroatoms. The molecule has 0 fully saturated rings. The standard InChI is InChI=1S/C12H18.C11H16.2C10H13Cl.2C10H13F.4C10H14.3CH4/c1-9(2)11-5-7-12(8-6-11)10(3)4;1-4-10-5-7-11(8-6-10)9(2)3;4*1-7(2)9-5-4-8(3)10(11)6-9;4*1-8(2)10-6-4-9(3)5-7-10;;;/h5-10H,1-4H3;5-9H,4H2,1-3H3;4*4-7H,1-3H3;4*4-8H,1-3H3;3*1H4. The molecule has 0 spiro atoms. The van der Waals surface area contributed by atoms with Crippen molar-refractivity contribution in [3.8, 4) is 0 Å². The number of hydrogen-bond acceptors (Lipinski definition) is 0. The van der Waals surface area contributed by atoms with Crippen molar-refractivity contribution in [1.82, 2.24) is 0 Å². The van der Waals surface area contributed by atoms with E-state index < -0.39 is 0 Å². The van der Waals surface area contributed by atoms with Crippen molar-refractivity contribution in [2.75, 3.05) is 0 Å². The van der Waals surface area contributed by atoms with Gasteiger partial charge in [0.15, 0.2) is 0 Å². The lowest BCUT2D eigenvalue weighted by Gasteiger charge is -2.08. The molecule has 0 aliphatic heterocycles. The quantitative estimate of drug-likeness (QED) is 0.114. The van der Waals surface area contributed by atoms with E-state index in [1.807, 2.05) is 50.2 Å². The van der Waals surface area contributed by atoms with Crippen molar-refractivity contribution in [2.24, 2.45) is 0 Å². The Morgan fingerprint density at radius 1 is 0.209 bits per heavy atom. The van der Waals surface area contributed by atoms with Gasteiger partial charge in [-0.15, -0.1) is 0 Å². The zero-order valence-electron chi connectivity index (χ0n) is 72.4. The maximum Gasteiger partial charge on any atom is 0.126 e. The third-order valence-electron chi connectivity index (χ3n) is 18.8. The summed E-state index contributed by atoms with van der Waals surface area (Å²) in [7, 11) is 0. The van der Waals surface area contributed by atoms with Crippen LogP contribution in [0.1, 0.15) is 358 Å². The number of benzene rings is 10. The van der Waals surface area contributed by atoms with Crippen LogP contribution in [0.3, 0.4) is 0 Å². The van der Waals surface area contributed by atoms with E-state index in [1.54, 1.807) is 26.0 Å². The monoisotopic (exact) mass is 1540 g/mol. The second kappa shape index (κ2) is 56.8. The Hall–Kier alpha value is -7.36. The van der Waals surface area contributed by atoms with Gasteiger partial charge in [-0.3, -0.25) is 0 Å². The highest BCUT2D eigenvalue weighted by Crippen LogP contribution is 2.26. The first-order valence-electron chi connectivity index (χ1n) is 39.6. The minimum absolute atomic E-state index is 0. The smallest absolute Gasteiger partial charge is 0.126 e. The van der Waals surface area contributed by atoms with Crippen LogP contribution in [0.4, 0.5) is 8.78 Å². The van der Waals surface area contributed by atoms with E-state index in [9.17, 15) is 8.78 Å². The summed E-state index contributed by atoms with van der Waals surface area (Å²) < 4.78 is 25.9. The summed E-state index contributed by atoms with van der Waals surface area (Å²) in [4.78, 5) is 0. The van der Waals surface area contributed by atoms with Crippen molar-refractivity contribution in [3.05, 3.63) is 351 Å². The summed E-state index contributed by atoms with van der Waals surface area (Å²) in [5.41, 5.74) is 25.2. The normalized spacial score (nSPS) is 10.3. The van der Waals surface area contributed by atoms with Crippen LogP contribution in [0.15, 0.2) is 218 Å². The van der Waals surface area contributed by atoms with Crippen LogP contribution in [0.5, 0.6) is 0 Å². The first kappa shape index (κ1) is 107. The lowest BCUT2D eigenvalue weighted by Crippen LogP contribution is -1.90. The highest BCUT2D eigenvalue weighted by molar-refractivity contribution is 6.31. The molecular weight excluding hydrogens is 1380 g/mol. The Balaban J connectivity index is -0.00000115. The van der Waals surface area contributed by atoms with Crippen molar-refractivity contribution >= 4 is 23.2 Å². The lowest BCUT2D eigenvalue weighted by molar-refractivity contribution is 0.614. The van der Waals surface area contributed by atoms with Gasteiger partial charge in [-0.25, -0.2) is 8.78 Å². The minimum Gasteiger partial charge on any atom is -0.207 e. The van der Waals surface area contributed by atoms with Gasteiger partial charge < -0.3 is 0 Å². The van der Waals surface area contributed by atoms with Gasteiger partial charge >= 0.3 is 0 Å². The van der Waals surface area contributed by atoms with E-state index in [0.717, 1.165) is 49.8 Å². The SMILES string of the molecule is C.C.C.CC(C)c1ccc(C(C)C)cc1.CCc1ccc(C(C)C)cc1.Cc1ccc(C(C)C)cc1.Cc1ccc(C(C)C)cc1.Cc1ccc(C(C)C)cc1.Cc1ccc(C(C)C)cc1.Cc1ccc(C(C)C)cc1Cl.Cc1ccc(C(C)C)cc1Cl.Cc1ccc(C(C)C)cc1F.Cc1ccc(C(C)C)cc1F. The molecule has 0 radical (unpaired) electrons. The number of aryl methyl sites for hydroxylation is 9. The largest absolute Gasteiger partial charge is 0.207 e. The molecule has 0 aliphatic carbocycles. The van der Waals surface area contributed by atoms with Crippen LogP contribution in [0.25, 0.3) is 0 Å². The lowest BCUT2D eigenvalue weighted by atomic mass is 9.97. The predicted molar refractivity (Wildman–Crippen MR) is 497 cm³/mol. The molecule has 10 rings (SSSR count). The van der Waals surface area contributed by atoms with Crippen LogP contribution < -0.4 is 0 Å². The second-order valence-corrected chi connectivity index (χ2v) is 33.0. The van der Waals surface area contributed by atoms with E-state index >= 15 is 0 Å². The summed E-state index contributed by atoms with van der Waals surface area (Å²) in [5.74, 6) is 6.30. The van der Waals surface area contributed by atoms with Crippen LogP contribution in [-0.4, -0.2) is 0 Å². The van der Waals surface area contributed by atoms with Gasteiger partial charge in [0, 0.05) is 10.0 Å². The van der Waals surface area contributed by atoms with Gasteiger partial charge in [0.25, 0.3) is 0 Å². The zero-order valence-corrected chi connectivity index (χ0v) is 73.9. The summed E-state index contributed by atoms with van der Waals surface area (Å²) in [6.45, 7) is 66.2. The van der Waals surface area contributed by atoms with Gasteiger partial charge in [-0.1, -0.05) is 421 Å². The molecule has 110 heavy (non-hydrogen) atoms. The first-order chi connectivity index (χ1) is 50.1. The van der Waals surface area contributed by atoms with E-state index in [4.69, 9.17) is 23.2 Å². The minimum atomic E-state index is -0.101. The van der Waals surface area contributed by atoms with Crippen LogP contribution in [0, 0.1) is 67.0 Å². The number of halogens is 4. The number of hydrogen-bond donors (Lipinski definition) is 0. The maximum atomic E-state index is 12.9. The second-order valence-electron chi connectivity index (χ2n) is 32.1. The molecular formula is C106H154Cl2F2. The average Bonchev–Trinajstić information content (AvgIpc) is 0.897. The highest BCUT2D eigenvalue weighted by Gasteiger charge is 2.07. The Kier molecular flexibility index (Phi) is 55.1. The molecule has 10 aromatic carbocycles. The average molecular weight is 1540 g/mol. The van der Waals surface area contributed by atoms with E-state index in [0.29, 0.717) is 65.1 Å². The molecule has 0 unspecified atom stereocenters. The van der Waals surface area contributed by atoms with Gasteiger partial charge in [-0.05, 0) is 240 Å². The maximum absolute atomic E-state index is 12.9. The van der Waals surface area contributed by atoms with E-state index in [2.05, 4.69) is 357 Å². The Morgan fingerprint density at radius 3 is 0.509 bits per heavy atom. The molecule has 0 aromatic heterocycles.